The number of nitrogens with zero attached hydrogens (tertiary/aromatic N) is 2. The number of anilines is 1. The number of rotatable bonds is 4. The molecular formula is C16H15N3O2S2. The number of carbonyl (C=O) groups excluding carboxylic acids is 1. The third-order valence-corrected chi connectivity index (χ3v) is 5.01. The first-order chi connectivity index (χ1) is 11.0. The Morgan fingerprint density at radius 3 is 2.57 bits per heavy atom. The molecule has 2 aromatic heterocycles. The Kier molecular flexibility index (Phi) is 4.40. The molecule has 23 heavy (non-hydrogen) atoms. The summed E-state index contributed by atoms with van der Waals surface area (Å²) in [5.41, 5.74) is 3.81. The molecule has 0 aliphatic carbocycles. The number of hydrogen-bond donors (Lipinski definition) is 1. The average Bonchev–Trinajstić information content (AvgIpc) is 3.10. The van der Waals surface area contributed by atoms with E-state index in [9.17, 15) is 9.59 Å². The fourth-order valence-electron chi connectivity index (χ4n) is 2.09. The maximum atomic E-state index is 12.1. The molecule has 7 heteroatoms. The van der Waals surface area contributed by atoms with Crippen molar-refractivity contribution in [1.82, 2.24) is 9.55 Å². The summed E-state index contributed by atoms with van der Waals surface area (Å²) >= 11 is 2.47. The second kappa shape index (κ2) is 6.47. The van der Waals surface area contributed by atoms with Crippen LogP contribution in [0.4, 0.5) is 5.13 Å². The molecule has 0 atom stereocenters. The van der Waals surface area contributed by atoms with Crippen LogP contribution < -0.4 is 10.2 Å². The molecule has 0 bridgehead atoms. The van der Waals surface area contributed by atoms with Crippen molar-refractivity contribution in [2.24, 2.45) is 0 Å². The number of carbonyl (C=O) groups is 1. The van der Waals surface area contributed by atoms with Gasteiger partial charge < -0.3 is 5.32 Å². The molecule has 0 saturated carbocycles. The molecule has 0 aliphatic rings. The second-order valence-corrected chi connectivity index (χ2v) is 6.86. The van der Waals surface area contributed by atoms with Crippen LogP contribution in [0.25, 0.3) is 11.3 Å². The zero-order valence-electron chi connectivity index (χ0n) is 12.7. The fourth-order valence-corrected chi connectivity index (χ4v) is 3.56. The largest absolute Gasteiger partial charge is 0.307 e. The molecule has 0 spiro atoms. The Morgan fingerprint density at radius 2 is 1.91 bits per heavy atom. The highest BCUT2D eigenvalue weighted by Gasteiger charge is 2.11. The van der Waals surface area contributed by atoms with Crippen molar-refractivity contribution in [3.05, 3.63) is 56.0 Å². The summed E-state index contributed by atoms with van der Waals surface area (Å²) in [4.78, 5) is 28.0. The third-order valence-electron chi connectivity index (χ3n) is 3.38. The number of hydrogen-bond acceptors (Lipinski definition) is 5. The van der Waals surface area contributed by atoms with E-state index in [0.29, 0.717) is 5.13 Å². The Labute approximate surface area is 141 Å². The molecule has 5 nitrogen and oxygen atoms in total. The predicted molar refractivity (Wildman–Crippen MR) is 94.2 cm³/mol. The van der Waals surface area contributed by atoms with E-state index < -0.39 is 0 Å². The molecule has 118 valence electrons. The first kappa shape index (κ1) is 15.6. The van der Waals surface area contributed by atoms with Crippen molar-refractivity contribution in [3.63, 3.8) is 0 Å². The van der Waals surface area contributed by atoms with E-state index >= 15 is 0 Å². The van der Waals surface area contributed by atoms with E-state index in [0.717, 1.165) is 28.3 Å². The second-order valence-electron chi connectivity index (χ2n) is 5.18. The van der Waals surface area contributed by atoms with Crippen LogP contribution in [-0.4, -0.2) is 15.5 Å². The Morgan fingerprint density at radius 1 is 1.17 bits per heavy atom. The van der Waals surface area contributed by atoms with Gasteiger partial charge in [-0.05, 0) is 13.8 Å². The van der Waals surface area contributed by atoms with E-state index in [4.69, 9.17) is 0 Å². The molecule has 3 rings (SSSR count). The molecule has 1 amide bonds. The van der Waals surface area contributed by atoms with Gasteiger partial charge in [0.2, 0.25) is 5.91 Å². The Hall–Kier alpha value is -2.25. The topological polar surface area (TPSA) is 64.0 Å². The summed E-state index contributed by atoms with van der Waals surface area (Å²) in [5, 5.41) is 6.93. The number of nitrogens with one attached hydrogen (secondary N) is 1. The SMILES string of the molecule is Cc1ccc(-c2csc(NC(=O)Cn3c(C)csc3=O)n2)cc1. The number of aromatic nitrogens is 2. The van der Waals surface area contributed by atoms with Gasteiger partial charge >= 0.3 is 4.87 Å². The molecule has 0 radical (unpaired) electrons. The molecular weight excluding hydrogens is 330 g/mol. The van der Waals surface area contributed by atoms with Crippen LogP contribution in [-0.2, 0) is 11.3 Å². The normalized spacial score (nSPS) is 10.7. The minimum Gasteiger partial charge on any atom is -0.300 e. The molecule has 0 aliphatic heterocycles. The van der Waals surface area contributed by atoms with Gasteiger partial charge in [0.25, 0.3) is 0 Å². The van der Waals surface area contributed by atoms with E-state index in [-0.39, 0.29) is 17.3 Å². The van der Waals surface area contributed by atoms with Gasteiger partial charge in [-0.2, -0.15) is 0 Å². The molecule has 3 aromatic rings. The van der Waals surface area contributed by atoms with Gasteiger partial charge in [0.05, 0.1) is 5.69 Å². The van der Waals surface area contributed by atoms with Crippen LogP contribution in [0.2, 0.25) is 0 Å². The first-order valence-electron chi connectivity index (χ1n) is 7.00. The lowest BCUT2D eigenvalue weighted by molar-refractivity contribution is -0.116. The van der Waals surface area contributed by atoms with Crippen LogP contribution in [0.15, 0.2) is 39.8 Å². The number of amides is 1. The standard InChI is InChI=1S/C16H15N3O2S2/c1-10-3-5-12(6-4-10)13-9-22-15(17-13)18-14(20)7-19-11(2)8-23-16(19)21/h3-6,8-9H,7H2,1-2H3,(H,17,18,20). The fraction of sp³-hybridized carbons (Fsp3) is 0.188. The molecule has 2 heterocycles. The zero-order chi connectivity index (χ0) is 16.4. The van der Waals surface area contributed by atoms with Crippen molar-refractivity contribution in [2.75, 3.05) is 5.32 Å². The van der Waals surface area contributed by atoms with Crippen molar-refractivity contribution >= 4 is 33.7 Å². The predicted octanol–water partition coefficient (Wildman–Crippen LogP) is 3.29. The molecule has 0 saturated heterocycles. The maximum Gasteiger partial charge on any atom is 0.307 e. The quantitative estimate of drug-likeness (QED) is 0.789. The van der Waals surface area contributed by atoms with Crippen LogP contribution in [0, 0.1) is 13.8 Å². The van der Waals surface area contributed by atoms with Crippen molar-refractivity contribution in [1.29, 1.82) is 0 Å². The molecule has 0 unspecified atom stereocenters. The van der Waals surface area contributed by atoms with E-state index in [2.05, 4.69) is 10.3 Å². The van der Waals surface area contributed by atoms with Crippen LogP contribution in [0.1, 0.15) is 11.3 Å². The first-order valence-corrected chi connectivity index (χ1v) is 8.76. The van der Waals surface area contributed by atoms with Gasteiger partial charge in [-0.15, -0.1) is 11.3 Å². The smallest absolute Gasteiger partial charge is 0.300 e. The van der Waals surface area contributed by atoms with Crippen LogP contribution >= 0.6 is 22.7 Å². The summed E-state index contributed by atoms with van der Waals surface area (Å²) in [7, 11) is 0. The van der Waals surface area contributed by atoms with E-state index in [1.54, 1.807) is 5.38 Å². The van der Waals surface area contributed by atoms with Crippen LogP contribution in [0.5, 0.6) is 0 Å². The van der Waals surface area contributed by atoms with E-state index in [1.807, 2.05) is 43.5 Å². The molecule has 1 N–H and O–H groups in total. The van der Waals surface area contributed by atoms with Crippen molar-refractivity contribution in [3.8, 4) is 11.3 Å². The van der Waals surface area contributed by atoms with Gasteiger partial charge in [-0.3, -0.25) is 14.2 Å². The number of thiazole rings is 2. The number of aryl methyl sites for hydroxylation is 2. The molecule has 0 fully saturated rings. The summed E-state index contributed by atoms with van der Waals surface area (Å²) in [6, 6.07) is 8.06. The van der Waals surface area contributed by atoms with Crippen LogP contribution in [0.3, 0.4) is 0 Å². The Bertz CT molecular complexity index is 891. The summed E-state index contributed by atoms with van der Waals surface area (Å²) in [5.74, 6) is -0.251. The van der Waals surface area contributed by atoms with Gasteiger partial charge in [0.1, 0.15) is 6.54 Å². The third kappa shape index (κ3) is 3.57. The minimum atomic E-state index is -0.251. The average molecular weight is 345 g/mol. The lowest BCUT2D eigenvalue weighted by atomic mass is 10.1. The highest BCUT2D eigenvalue weighted by atomic mass is 32.1. The van der Waals surface area contributed by atoms with Gasteiger partial charge in [-0.25, -0.2) is 4.98 Å². The van der Waals surface area contributed by atoms with Crippen molar-refractivity contribution in [2.45, 2.75) is 20.4 Å². The highest BCUT2D eigenvalue weighted by Crippen LogP contribution is 2.25. The van der Waals surface area contributed by atoms with Gasteiger partial charge in [0.15, 0.2) is 5.13 Å². The highest BCUT2D eigenvalue weighted by molar-refractivity contribution is 7.14. The number of benzene rings is 1. The lowest BCUT2D eigenvalue weighted by Crippen LogP contribution is -2.25. The lowest BCUT2D eigenvalue weighted by Gasteiger charge is -2.04. The van der Waals surface area contributed by atoms with Gasteiger partial charge in [-0.1, -0.05) is 41.2 Å². The molecule has 1 aromatic carbocycles. The van der Waals surface area contributed by atoms with Gasteiger partial charge in [0, 0.05) is 22.0 Å². The zero-order valence-corrected chi connectivity index (χ0v) is 14.3. The van der Waals surface area contributed by atoms with Crippen molar-refractivity contribution < 1.29 is 4.79 Å². The maximum absolute atomic E-state index is 12.1. The Balaban J connectivity index is 1.70. The monoisotopic (exact) mass is 345 g/mol. The summed E-state index contributed by atoms with van der Waals surface area (Å²) < 4.78 is 1.45. The minimum absolute atomic E-state index is 0.00755. The summed E-state index contributed by atoms with van der Waals surface area (Å²) in [6.45, 7) is 3.85. The van der Waals surface area contributed by atoms with E-state index in [1.165, 1.54) is 21.5 Å². The summed E-state index contributed by atoms with van der Waals surface area (Å²) in [6.07, 6.45) is 0.